The molecule has 0 radical (unpaired) electrons. The third kappa shape index (κ3) is 2.51. The molecule has 2 rings (SSSR count). The van der Waals surface area contributed by atoms with Crippen LogP contribution < -0.4 is 5.56 Å². The normalized spacial score (nSPS) is 10.3. The number of rotatable bonds is 3. The zero-order valence-corrected chi connectivity index (χ0v) is 9.76. The summed E-state index contributed by atoms with van der Waals surface area (Å²) < 4.78 is 14.0. The Morgan fingerprint density at radius 2 is 1.94 bits per heavy atom. The molecule has 18 heavy (non-hydrogen) atoms. The number of carbonyl (C=O) groups is 1. The van der Waals surface area contributed by atoms with Gasteiger partial charge < -0.3 is 0 Å². The number of halogens is 1. The summed E-state index contributed by atoms with van der Waals surface area (Å²) >= 11 is 0. The van der Waals surface area contributed by atoms with Crippen LogP contribution in [0.5, 0.6) is 0 Å². The molecular weight excluding hydrogens is 235 g/mol. The van der Waals surface area contributed by atoms with Gasteiger partial charge in [-0.25, -0.2) is 9.37 Å². The van der Waals surface area contributed by atoms with Crippen LogP contribution in [0.2, 0.25) is 0 Å². The van der Waals surface area contributed by atoms with Crippen molar-refractivity contribution in [2.24, 2.45) is 7.05 Å². The lowest BCUT2D eigenvalue weighted by atomic mass is 10.1. The molecule has 0 amide bonds. The topological polar surface area (TPSA) is 52.0 Å². The van der Waals surface area contributed by atoms with Crippen LogP contribution in [0, 0.1) is 5.82 Å². The third-order valence-corrected chi connectivity index (χ3v) is 2.64. The van der Waals surface area contributed by atoms with E-state index in [-0.39, 0.29) is 17.8 Å². The molecule has 0 unspecified atom stereocenters. The Morgan fingerprint density at radius 3 is 2.61 bits per heavy atom. The Labute approximate surface area is 103 Å². The van der Waals surface area contributed by atoms with Gasteiger partial charge in [0.1, 0.15) is 11.6 Å². The van der Waals surface area contributed by atoms with Crippen LogP contribution in [0.3, 0.4) is 0 Å². The highest BCUT2D eigenvalue weighted by Crippen LogP contribution is 2.06. The van der Waals surface area contributed by atoms with Crippen LogP contribution in [0.25, 0.3) is 0 Å². The average molecular weight is 246 g/mol. The van der Waals surface area contributed by atoms with Gasteiger partial charge in [0, 0.05) is 24.9 Å². The van der Waals surface area contributed by atoms with Crippen LogP contribution in [0.4, 0.5) is 4.39 Å². The molecule has 0 N–H and O–H groups in total. The van der Waals surface area contributed by atoms with Gasteiger partial charge in [-0.15, -0.1) is 0 Å². The van der Waals surface area contributed by atoms with E-state index >= 15 is 0 Å². The molecule has 0 aliphatic rings. The minimum atomic E-state index is -0.392. The summed E-state index contributed by atoms with van der Waals surface area (Å²) in [5, 5.41) is 0. The second-order valence-corrected chi connectivity index (χ2v) is 3.87. The van der Waals surface area contributed by atoms with Crippen LogP contribution in [0.1, 0.15) is 16.2 Å². The van der Waals surface area contributed by atoms with Crippen molar-refractivity contribution in [1.29, 1.82) is 0 Å². The number of nitrogens with zero attached hydrogens (tertiary/aromatic N) is 2. The van der Waals surface area contributed by atoms with Gasteiger partial charge in [-0.05, 0) is 24.3 Å². The predicted octanol–water partition coefficient (Wildman–Crippen LogP) is 1.34. The molecule has 0 bridgehead atoms. The van der Waals surface area contributed by atoms with Gasteiger partial charge in [-0.3, -0.25) is 14.2 Å². The molecule has 0 atom stereocenters. The van der Waals surface area contributed by atoms with Gasteiger partial charge in [-0.1, -0.05) is 0 Å². The number of hydrogen-bond donors (Lipinski definition) is 0. The summed E-state index contributed by atoms with van der Waals surface area (Å²) in [6.07, 6.45) is 1.38. The number of carbonyl (C=O) groups excluding carboxylic acids is 1. The van der Waals surface area contributed by atoms with Crippen LogP contribution in [-0.2, 0) is 13.5 Å². The first-order chi connectivity index (χ1) is 8.58. The fourth-order valence-corrected chi connectivity index (χ4v) is 1.56. The van der Waals surface area contributed by atoms with Gasteiger partial charge in [-0.2, -0.15) is 0 Å². The van der Waals surface area contributed by atoms with E-state index in [1.807, 2.05) is 0 Å². The highest BCUT2D eigenvalue weighted by Gasteiger charge is 2.10. The van der Waals surface area contributed by atoms with Gasteiger partial charge in [0.05, 0.1) is 6.42 Å². The van der Waals surface area contributed by atoms with Gasteiger partial charge in [0.2, 0.25) is 0 Å². The molecule has 0 aliphatic carbocycles. The fourth-order valence-electron chi connectivity index (χ4n) is 1.56. The molecule has 0 aliphatic heterocycles. The van der Waals surface area contributed by atoms with Crippen molar-refractivity contribution in [3.8, 4) is 0 Å². The minimum absolute atomic E-state index is 0.0121. The lowest BCUT2D eigenvalue weighted by molar-refractivity contribution is 0.0989. The van der Waals surface area contributed by atoms with E-state index in [1.54, 1.807) is 7.05 Å². The second kappa shape index (κ2) is 4.91. The number of Topliss-reactive ketones (excluding diaryl/α,β-unsaturated/α-hetero) is 1. The van der Waals surface area contributed by atoms with E-state index in [0.29, 0.717) is 11.4 Å². The molecule has 0 fully saturated rings. The Kier molecular flexibility index (Phi) is 3.32. The summed E-state index contributed by atoms with van der Waals surface area (Å²) in [7, 11) is 1.56. The Balaban J connectivity index is 2.24. The maximum absolute atomic E-state index is 12.7. The zero-order valence-electron chi connectivity index (χ0n) is 9.76. The van der Waals surface area contributed by atoms with E-state index in [0.717, 1.165) is 0 Å². The van der Waals surface area contributed by atoms with E-state index in [4.69, 9.17) is 0 Å². The van der Waals surface area contributed by atoms with Crippen LogP contribution >= 0.6 is 0 Å². The van der Waals surface area contributed by atoms with Gasteiger partial charge in [0.15, 0.2) is 5.78 Å². The number of aromatic nitrogens is 2. The molecule has 0 saturated carbocycles. The van der Waals surface area contributed by atoms with Gasteiger partial charge >= 0.3 is 0 Å². The Bertz CT molecular complexity index is 632. The fraction of sp³-hybridized carbons (Fsp3) is 0.154. The maximum atomic E-state index is 12.7. The number of benzene rings is 1. The molecule has 0 spiro atoms. The highest BCUT2D eigenvalue weighted by molar-refractivity contribution is 5.97. The SMILES string of the molecule is Cn1c(CC(=O)c2ccc(F)cc2)nccc1=O. The van der Waals surface area contributed by atoms with Crippen molar-refractivity contribution < 1.29 is 9.18 Å². The van der Waals surface area contributed by atoms with E-state index in [9.17, 15) is 14.0 Å². The Morgan fingerprint density at radius 1 is 1.28 bits per heavy atom. The van der Waals surface area contributed by atoms with E-state index in [2.05, 4.69) is 4.98 Å². The van der Waals surface area contributed by atoms with Crippen molar-refractivity contribution in [2.75, 3.05) is 0 Å². The summed E-state index contributed by atoms with van der Waals surface area (Å²) in [4.78, 5) is 27.3. The van der Waals surface area contributed by atoms with Crippen molar-refractivity contribution in [2.45, 2.75) is 6.42 Å². The lowest BCUT2D eigenvalue weighted by Gasteiger charge is -2.05. The number of hydrogen-bond acceptors (Lipinski definition) is 3. The molecule has 4 nitrogen and oxygen atoms in total. The zero-order chi connectivity index (χ0) is 13.1. The van der Waals surface area contributed by atoms with Crippen LogP contribution in [-0.4, -0.2) is 15.3 Å². The van der Waals surface area contributed by atoms with Crippen molar-refractivity contribution in [3.05, 3.63) is 64.1 Å². The Hall–Kier alpha value is -2.30. The maximum Gasteiger partial charge on any atom is 0.253 e. The molecule has 92 valence electrons. The van der Waals surface area contributed by atoms with E-state index in [1.165, 1.54) is 41.1 Å². The first-order valence-electron chi connectivity index (χ1n) is 5.37. The van der Waals surface area contributed by atoms with E-state index < -0.39 is 5.82 Å². The summed E-state index contributed by atoms with van der Waals surface area (Å²) in [6, 6.07) is 6.61. The quantitative estimate of drug-likeness (QED) is 0.768. The smallest absolute Gasteiger partial charge is 0.253 e. The summed E-state index contributed by atoms with van der Waals surface area (Å²) in [5.74, 6) is -0.211. The van der Waals surface area contributed by atoms with Crippen molar-refractivity contribution >= 4 is 5.78 Å². The third-order valence-electron chi connectivity index (χ3n) is 2.64. The molecule has 1 heterocycles. The highest BCUT2D eigenvalue weighted by atomic mass is 19.1. The second-order valence-electron chi connectivity index (χ2n) is 3.87. The first kappa shape index (κ1) is 12.2. The summed E-state index contributed by atoms with van der Waals surface area (Å²) in [5.41, 5.74) is 0.182. The molecule has 1 aromatic carbocycles. The molecule has 5 heteroatoms. The molecule has 2 aromatic rings. The lowest BCUT2D eigenvalue weighted by Crippen LogP contribution is -2.22. The average Bonchev–Trinajstić information content (AvgIpc) is 2.36. The molecule has 0 saturated heterocycles. The van der Waals surface area contributed by atoms with Gasteiger partial charge in [0.25, 0.3) is 5.56 Å². The van der Waals surface area contributed by atoms with Crippen LogP contribution in [0.15, 0.2) is 41.3 Å². The first-order valence-corrected chi connectivity index (χ1v) is 5.37. The minimum Gasteiger partial charge on any atom is -0.299 e. The van der Waals surface area contributed by atoms with Crippen molar-refractivity contribution in [1.82, 2.24) is 9.55 Å². The standard InChI is InChI=1S/C13H11FN2O2/c1-16-12(15-7-6-13(16)18)8-11(17)9-2-4-10(14)5-3-9/h2-7H,8H2,1H3. The largest absolute Gasteiger partial charge is 0.299 e. The summed E-state index contributed by atoms with van der Waals surface area (Å²) in [6.45, 7) is 0. The predicted molar refractivity (Wildman–Crippen MR) is 63.9 cm³/mol. The number of ketones is 1. The monoisotopic (exact) mass is 246 g/mol. The molecule has 1 aromatic heterocycles. The molecular formula is C13H11FN2O2. The van der Waals surface area contributed by atoms with Crippen molar-refractivity contribution in [3.63, 3.8) is 0 Å².